The molecule has 2 unspecified atom stereocenters. The SMILES string of the molecule is CCCCCCOS(=O)(=S)C1=CC=CCC1(C)OC(C)=O. The van der Waals surface area contributed by atoms with Crippen molar-refractivity contribution < 1.29 is 17.9 Å². The lowest BCUT2D eigenvalue weighted by atomic mass is 9.97. The second kappa shape index (κ2) is 8.06. The van der Waals surface area contributed by atoms with Gasteiger partial charge in [-0.15, -0.1) is 0 Å². The third-order valence-electron chi connectivity index (χ3n) is 3.29. The van der Waals surface area contributed by atoms with Gasteiger partial charge in [0.15, 0.2) is 8.77 Å². The van der Waals surface area contributed by atoms with Gasteiger partial charge in [-0.25, -0.2) is 4.21 Å². The molecule has 0 fully saturated rings. The van der Waals surface area contributed by atoms with Crippen molar-refractivity contribution in [3.8, 4) is 0 Å². The van der Waals surface area contributed by atoms with E-state index >= 15 is 0 Å². The van der Waals surface area contributed by atoms with Gasteiger partial charge in [0.2, 0.25) is 0 Å². The highest BCUT2D eigenvalue weighted by molar-refractivity contribution is 8.32. The Hall–Kier alpha value is -0.720. The zero-order valence-electron chi connectivity index (χ0n) is 12.9. The Kier molecular flexibility index (Phi) is 7.03. The highest BCUT2D eigenvalue weighted by Gasteiger charge is 2.38. The minimum atomic E-state index is -3.06. The molecule has 120 valence electrons. The van der Waals surface area contributed by atoms with Crippen LogP contribution in [0.3, 0.4) is 0 Å². The van der Waals surface area contributed by atoms with Gasteiger partial charge in [0.05, 0.1) is 11.5 Å². The van der Waals surface area contributed by atoms with Crippen molar-refractivity contribution >= 4 is 25.9 Å². The molecule has 0 aromatic carbocycles. The number of carbonyl (C=O) groups is 1. The maximum atomic E-state index is 12.7. The second-order valence-electron chi connectivity index (χ2n) is 5.32. The van der Waals surface area contributed by atoms with Crippen LogP contribution in [0.25, 0.3) is 0 Å². The predicted molar refractivity (Wildman–Crippen MR) is 87.6 cm³/mol. The molecule has 0 amide bonds. The summed E-state index contributed by atoms with van der Waals surface area (Å²) in [5.41, 5.74) is -0.983. The van der Waals surface area contributed by atoms with Crippen molar-refractivity contribution in [2.45, 2.75) is 58.5 Å². The van der Waals surface area contributed by atoms with Gasteiger partial charge in [-0.05, 0) is 19.4 Å². The zero-order valence-corrected chi connectivity index (χ0v) is 14.6. The van der Waals surface area contributed by atoms with Gasteiger partial charge in [0.25, 0.3) is 0 Å². The lowest BCUT2D eigenvalue weighted by Crippen LogP contribution is -2.37. The molecule has 0 aromatic rings. The Labute approximate surface area is 132 Å². The Morgan fingerprint density at radius 2 is 2.14 bits per heavy atom. The third-order valence-corrected chi connectivity index (χ3v) is 5.70. The topological polar surface area (TPSA) is 52.6 Å². The van der Waals surface area contributed by atoms with E-state index in [1.807, 2.05) is 6.08 Å². The maximum Gasteiger partial charge on any atom is 0.303 e. The fraction of sp³-hybridized carbons (Fsp3) is 0.667. The fourth-order valence-electron chi connectivity index (χ4n) is 2.24. The van der Waals surface area contributed by atoms with Gasteiger partial charge in [-0.2, -0.15) is 0 Å². The number of ether oxygens (including phenoxy) is 1. The summed E-state index contributed by atoms with van der Waals surface area (Å²) in [5.74, 6) is -0.424. The number of unbranched alkanes of at least 4 members (excludes halogenated alkanes) is 3. The molecule has 21 heavy (non-hydrogen) atoms. The van der Waals surface area contributed by atoms with Crippen molar-refractivity contribution in [3.05, 3.63) is 23.1 Å². The second-order valence-corrected chi connectivity index (χ2v) is 8.22. The van der Waals surface area contributed by atoms with Crippen LogP contribution >= 0.6 is 0 Å². The van der Waals surface area contributed by atoms with Crippen molar-refractivity contribution in [1.29, 1.82) is 0 Å². The lowest BCUT2D eigenvalue weighted by Gasteiger charge is -2.32. The molecule has 0 radical (unpaired) electrons. The van der Waals surface area contributed by atoms with E-state index in [0.717, 1.165) is 25.7 Å². The average molecular weight is 332 g/mol. The Bertz CT molecular complexity index is 520. The van der Waals surface area contributed by atoms with E-state index in [9.17, 15) is 9.00 Å². The first-order chi connectivity index (χ1) is 9.82. The molecule has 0 saturated heterocycles. The Balaban J connectivity index is 2.76. The monoisotopic (exact) mass is 332 g/mol. The van der Waals surface area contributed by atoms with Crippen LogP contribution < -0.4 is 0 Å². The molecule has 0 aromatic heterocycles. The van der Waals surface area contributed by atoms with E-state index in [0.29, 0.717) is 17.9 Å². The van der Waals surface area contributed by atoms with Crippen LogP contribution in [-0.2, 0) is 33.7 Å². The van der Waals surface area contributed by atoms with E-state index in [1.165, 1.54) is 6.92 Å². The Morgan fingerprint density at radius 3 is 2.76 bits per heavy atom. The van der Waals surface area contributed by atoms with E-state index in [2.05, 4.69) is 6.92 Å². The molecule has 0 heterocycles. The van der Waals surface area contributed by atoms with E-state index in [4.69, 9.17) is 20.1 Å². The number of allylic oxidation sites excluding steroid dienone is 2. The number of esters is 1. The normalized spacial score (nSPS) is 24.2. The summed E-state index contributed by atoms with van der Waals surface area (Å²) < 4.78 is 23.4. The lowest BCUT2D eigenvalue weighted by molar-refractivity contribution is -0.151. The van der Waals surface area contributed by atoms with Gasteiger partial charge in [-0.1, -0.05) is 38.3 Å². The Morgan fingerprint density at radius 1 is 1.43 bits per heavy atom. The van der Waals surface area contributed by atoms with Gasteiger partial charge in [-0.3, -0.25) is 8.98 Å². The molecule has 0 saturated carbocycles. The van der Waals surface area contributed by atoms with Gasteiger partial charge in [0.1, 0.15) is 5.60 Å². The van der Waals surface area contributed by atoms with Crippen LogP contribution in [0.15, 0.2) is 23.1 Å². The molecule has 1 rings (SSSR count). The van der Waals surface area contributed by atoms with Crippen LogP contribution in [0.1, 0.15) is 52.9 Å². The minimum Gasteiger partial charge on any atom is -0.454 e. The van der Waals surface area contributed by atoms with Gasteiger partial charge >= 0.3 is 5.97 Å². The molecule has 1 aliphatic carbocycles. The number of carbonyl (C=O) groups excluding carboxylic acids is 1. The fourth-order valence-corrected chi connectivity index (χ4v) is 4.51. The van der Waals surface area contributed by atoms with Crippen molar-refractivity contribution in [3.63, 3.8) is 0 Å². The quantitative estimate of drug-likeness (QED) is 0.503. The highest BCUT2D eigenvalue weighted by Crippen LogP contribution is 2.34. The van der Waals surface area contributed by atoms with Gasteiger partial charge < -0.3 is 4.74 Å². The first kappa shape index (κ1) is 18.3. The summed E-state index contributed by atoms with van der Waals surface area (Å²) in [5, 5.41) is 0. The van der Waals surface area contributed by atoms with Crippen molar-refractivity contribution in [2.75, 3.05) is 6.61 Å². The molecule has 0 aliphatic heterocycles. The molecule has 0 N–H and O–H groups in total. The van der Waals surface area contributed by atoms with Crippen LogP contribution in [0.2, 0.25) is 0 Å². The standard InChI is InChI=1S/C15H24O4S2/c1-4-5-6-9-12-18-21(17,20)14-10-7-8-11-15(14,3)19-13(2)16/h7-8,10H,4-6,9,11-12H2,1-3H3. The summed E-state index contributed by atoms with van der Waals surface area (Å²) in [4.78, 5) is 11.7. The number of rotatable bonds is 8. The van der Waals surface area contributed by atoms with Crippen molar-refractivity contribution in [2.24, 2.45) is 0 Å². The number of hydrogen-bond donors (Lipinski definition) is 0. The first-order valence-corrected chi connectivity index (χ1v) is 9.69. The highest BCUT2D eigenvalue weighted by atomic mass is 32.8. The molecular formula is C15H24O4S2. The smallest absolute Gasteiger partial charge is 0.303 e. The van der Waals surface area contributed by atoms with Crippen LogP contribution in [0.5, 0.6) is 0 Å². The largest absolute Gasteiger partial charge is 0.454 e. The molecular weight excluding hydrogens is 308 g/mol. The summed E-state index contributed by atoms with van der Waals surface area (Å²) in [6.07, 6.45) is 9.84. The predicted octanol–water partition coefficient (Wildman–Crippen LogP) is 3.41. The maximum absolute atomic E-state index is 12.7. The van der Waals surface area contributed by atoms with Crippen LogP contribution in [-0.4, -0.2) is 22.4 Å². The summed E-state index contributed by atoms with van der Waals surface area (Å²) in [6, 6.07) is 0. The average Bonchev–Trinajstić information content (AvgIpc) is 2.37. The summed E-state index contributed by atoms with van der Waals surface area (Å²) in [7, 11) is -3.06. The molecule has 2 atom stereocenters. The van der Waals surface area contributed by atoms with Crippen molar-refractivity contribution in [1.82, 2.24) is 0 Å². The molecule has 6 heteroatoms. The first-order valence-electron chi connectivity index (χ1n) is 7.28. The van der Waals surface area contributed by atoms with Crippen LogP contribution in [0, 0.1) is 0 Å². The van der Waals surface area contributed by atoms with E-state index < -0.39 is 20.3 Å². The third kappa shape index (κ3) is 5.52. The number of hydrogen-bond acceptors (Lipinski definition) is 5. The molecule has 1 aliphatic rings. The molecule has 4 nitrogen and oxygen atoms in total. The van der Waals surface area contributed by atoms with Gasteiger partial charge in [0, 0.05) is 24.5 Å². The zero-order chi connectivity index (χ0) is 15.9. The van der Waals surface area contributed by atoms with Crippen LogP contribution in [0.4, 0.5) is 0 Å². The molecule has 0 spiro atoms. The van der Waals surface area contributed by atoms with E-state index in [1.54, 1.807) is 19.1 Å². The molecule has 0 bridgehead atoms. The minimum absolute atomic E-state index is 0.361. The van der Waals surface area contributed by atoms with E-state index in [-0.39, 0.29) is 0 Å². The summed E-state index contributed by atoms with van der Waals surface area (Å²) >= 11 is 5.16. The summed E-state index contributed by atoms with van der Waals surface area (Å²) in [6.45, 7) is 5.54.